The van der Waals surface area contributed by atoms with E-state index in [9.17, 15) is 14.7 Å². The van der Waals surface area contributed by atoms with Crippen molar-refractivity contribution in [3.63, 3.8) is 0 Å². The van der Waals surface area contributed by atoms with E-state index in [0.29, 0.717) is 11.3 Å². The summed E-state index contributed by atoms with van der Waals surface area (Å²) < 4.78 is 9.84. The van der Waals surface area contributed by atoms with Crippen molar-refractivity contribution in [2.24, 2.45) is 5.41 Å². The van der Waals surface area contributed by atoms with Crippen LogP contribution in [0.1, 0.15) is 26.3 Å². The molecular weight excluding hydrogens is 272 g/mol. The Labute approximate surface area is 124 Å². The summed E-state index contributed by atoms with van der Waals surface area (Å²) in [4.78, 5) is 23.1. The van der Waals surface area contributed by atoms with E-state index in [4.69, 9.17) is 9.47 Å². The predicted octanol–water partition coefficient (Wildman–Crippen LogP) is 2.57. The SMILES string of the molecule is COc1cc(/C=C/C(=O)OCC(=O)C(C)(C)C)ccc1O. The van der Waals surface area contributed by atoms with Crippen LogP contribution in [0, 0.1) is 5.41 Å². The highest BCUT2D eigenvalue weighted by molar-refractivity contribution is 5.91. The molecule has 5 heteroatoms. The molecule has 0 aliphatic carbocycles. The van der Waals surface area contributed by atoms with E-state index in [1.165, 1.54) is 25.3 Å². The summed E-state index contributed by atoms with van der Waals surface area (Å²) >= 11 is 0. The van der Waals surface area contributed by atoms with Crippen molar-refractivity contribution >= 4 is 17.8 Å². The second-order valence-corrected chi connectivity index (χ2v) is 5.55. The molecule has 0 radical (unpaired) electrons. The number of aromatic hydroxyl groups is 1. The predicted molar refractivity (Wildman–Crippen MR) is 79.1 cm³/mol. The molecule has 1 aromatic carbocycles. The third kappa shape index (κ3) is 5.30. The summed E-state index contributed by atoms with van der Waals surface area (Å²) in [6, 6.07) is 4.67. The summed E-state index contributed by atoms with van der Waals surface area (Å²) in [7, 11) is 1.44. The molecule has 0 heterocycles. The number of phenols is 1. The van der Waals surface area contributed by atoms with Crippen molar-refractivity contribution in [2.45, 2.75) is 20.8 Å². The number of Topliss-reactive ketones (excluding diaryl/α,β-unsaturated/α-hetero) is 1. The zero-order chi connectivity index (χ0) is 16.0. The number of carbonyl (C=O) groups is 2. The van der Waals surface area contributed by atoms with E-state index in [0.717, 1.165) is 0 Å². The molecule has 0 atom stereocenters. The number of ketones is 1. The van der Waals surface area contributed by atoms with Gasteiger partial charge in [0, 0.05) is 11.5 Å². The maximum absolute atomic E-state index is 11.6. The average molecular weight is 292 g/mol. The number of rotatable bonds is 5. The monoisotopic (exact) mass is 292 g/mol. The number of hydrogen-bond acceptors (Lipinski definition) is 5. The summed E-state index contributed by atoms with van der Waals surface area (Å²) in [6.45, 7) is 5.05. The zero-order valence-electron chi connectivity index (χ0n) is 12.7. The Hall–Kier alpha value is -2.30. The van der Waals surface area contributed by atoms with Gasteiger partial charge in [0.25, 0.3) is 0 Å². The highest BCUT2D eigenvalue weighted by atomic mass is 16.5. The Morgan fingerprint density at radius 3 is 2.52 bits per heavy atom. The molecule has 1 aromatic rings. The molecule has 0 bridgehead atoms. The van der Waals surface area contributed by atoms with Gasteiger partial charge in [-0.1, -0.05) is 26.8 Å². The lowest BCUT2D eigenvalue weighted by Crippen LogP contribution is -2.25. The lowest BCUT2D eigenvalue weighted by Gasteiger charge is -2.15. The average Bonchev–Trinajstić information content (AvgIpc) is 2.42. The molecule has 0 unspecified atom stereocenters. The van der Waals surface area contributed by atoms with Crippen LogP contribution in [-0.2, 0) is 14.3 Å². The number of esters is 1. The molecule has 0 saturated heterocycles. The van der Waals surface area contributed by atoms with Crippen LogP contribution in [-0.4, -0.2) is 30.6 Å². The van der Waals surface area contributed by atoms with Crippen LogP contribution in [0.4, 0.5) is 0 Å². The summed E-state index contributed by atoms with van der Waals surface area (Å²) in [5.74, 6) is -0.406. The van der Waals surface area contributed by atoms with Crippen LogP contribution in [0.3, 0.4) is 0 Å². The second kappa shape index (κ2) is 6.92. The Kier molecular flexibility index (Phi) is 5.52. The summed E-state index contributed by atoms with van der Waals surface area (Å²) in [6.07, 6.45) is 2.74. The van der Waals surface area contributed by atoms with Gasteiger partial charge in [0.1, 0.15) is 0 Å². The number of methoxy groups -OCH3 is 1. The normalized spacial score (nSPS) is 11.4. The lowest BCUT2D eigenvalue weighted by molar-refractivity contribution is -0.145. The fourth-order valence-electron chi connectivity index (χ4n) is 1.36. The fraction of sp³-hybridized carbons (Fsp3) is 0.375. The van der Waals surface area contributed by atoms with Gasteiger partial charge in [0.05, 0.1) is 7.11 Å². The third-order valence-corrected chi connectivity index (χ3v) is 2.80. The highest BCUT2D eigenvalue weighted by Crippen LogP contribution is 2.26. The molecule has 5 nitrogen and oxygen atoms in total. The van der Waals surface area contributed by atoms with E-state index >= 15 is 0 Å². The van der Waals surface area contributed by atoms with E-state index in [1.807, 2.05) is 0 Å². The second-order valence-electron chi connectivity index (χ2n) is 5.55. The van der Waals surface area contributed by atoms with Gasteiger partial charge in [-0.2, -0.15) is 0 Å². The fourth-order valence-corrected chi connectivity index (χ4v) is 1.36. The smallest absolute Gasteiger partial charge is 0.331 e. The molecule has 0 aliphatic rings. The highest BCUT2D eigenvalue weighted by Gasteiger charge is 2.21. The van der Waals surface area contributed by atoms with Crippen LogP contribution in [0.5, 0.6) is 11.5 Å². The molecule has 0 saturated carbocycles. The summed E-state index contributed by atoms with van der Waals surface area (Å²) in [5, 5.41) is 9.46. The number of ether oxygens (including phenoxy) is 2. The van der Waals surface area contributed by atoms with Gasteiger partial charge >= 0.3 is 5.97 Å². The number of phenolic OH excluding ortho intramolecular Hbond substituents is 1. The van der Waals surface area contributed by atoms with Crippen molar-refractivity contribution < 1.29 is 24.2 Å². The molecule has 114 valence electrons. The first-order valence-corrected chi connectivity index (χ1v) is 6.49. The van der Waals surface area contributed by atoms with Crippen LogP contribution < -0.4 is 4.74 Å². The van der Waals surface area contributed by atoms with Crippen molar-refractivity contribution in [3.05, 3.63) is 29.8 Å². The first kappa shape index (κ1) is 16.8. The van der Waals surface area contributed by atoms with Gasteiger partial charge in [0.15, 0.2) is 23.9 Å². The molecule has 0 amide bonds. The maximum atomic E-state index is 11.6. The molecule has 0 aromatic heterocycles. The minimum absolute atomic E-state index is 0.0213. The number of hydrogen-bond donors (Lipinski definition) is 1. The van der Waals surface area contributed by atoms with Crippen LogP contribution in [0.25, 0.3) is 6.08 Å². The van der Waals surface area contributed by atoms with E-state index < -0.39 is 11.4 Å². The molecule has 1 rings (SSSR count). The molecule has 0 spiro atoms. The quantitative estimate of drug-likeness (QED) is 0.667. The minimum Gasteiger partial charge on any atom is -0.504 e. The van der Waals surface area contributed by atoms with E-state index in [2.05, 4.69) is 0 Å². The Bertz CT molecular complexity index is 552. The van der Waals surface area contributed by atoms with Gasteiger partial charge in [-0.15, -0.1) is 0 Å². The summed E-state index contributed by atoms with van der Waals surface area (Å²) in [5.41, 5.74) is 0.137. The lowest BCUT2D eigenvalue weighted by atomic mass is 9.91. The van der Waals surface area contributed by atoms with E-state index in [1.54, 1.807) is 32.9 Å². The molecule has 0 aliphatic heterocycles. The Morgan fingerprint density at radius 1 is 1.29 bits per heavy atom. The van der Waals surface area contributed by atoms with E-state index in [-0.39, 0.29) is 18.1 Å². The largest absolute Gasteiger partial charge is 0.504 e. The first-order valence-electron chi connectivity index (χ1n) is 6.49. The van der Waals surface area contributed by atoms with Gasteiger partial charge < -0.3 is 14.6 Å². The first-order chi connectivity index (χ1) is 9.74. The number of benzene rings is 1. The zero-order valence-corrected chi connectivity index (χ0v) is 12.7. The Morgan fingerprint density at radius 2 is 1.95 bits per heavy atom. The van der Waals surface area contributed by atoms with Gasteiger partial charge in [0.2, 0.25) is 0 Å². The molecule has 0 fully saturated rings. The minimum atomic E-state index is -0.598. The van der Waals surface area contributed by atoms with Gasteiger partial charge in [-0.25, -0.2) is 4.79 Å². The molecular formula is C16H20O5. The van der Waals surface area contributed by atoms with Crippen molar-refractivity contribution in [1.29, 1.82) is 0 Å². The third-order valence-electron chi connectivity index (χ3n) is 2.80. The molecule has 1 N–H and O–H groups in total. The number of carbonyl (C=O) groups excluding carboxylic acids is 2. The Balaban J connectivity index is 2.61. The van der Waals surface area contributed by atoms with Crippen molar-refractivity contribution in [3.8, 4) is 11.5 Å². The van der Waals surface area contributed by atoms with Crippen LogP contribution in [0.15, 0.2) is 24.3 Å². The van der Waals surface area contributed by atoms with Crippen LogP contribution in [0.2, 0.25) is 0 Å². The topological polar surface area (TPSA) is 72.8 Å². The molecule has 21 heavy (non-hydrogen) atoms. The standard InChI is InChI=1S/C16H20O5/c1-16(2,3)14(18)10-21-15(19)8-6-11-5-7-12(17)13(9-11)20-4/h5-9,17H,10H2,1-4H3/b8-6+. The van der Waals surface area contributed by atoms with Gasteiger partial charge in [-0.05, 0) is 23.8 Å². The van der Waals surface area contributed by atoms with Crippen molar-refractivity contribution in [2.75, 3.05) is 13.7 Å². The van der Waals surface area contributed by atoms with Crippen molar-refractivity contribution in [1.82, 2.24) is 0 Å². The van der Waals surface area contributed by atoms with Crippen LogP contribution >= 0.6 is 0 Å². The van der Waals surface area contributed by atoms with Gasteiger partial charge in [-0.3, -0.25) is 4.79 Å². The maximum Gasteiger partial charge on any atom is 0.331 e.